The van der Waals surface area contributed by atoms with Gasteiger partial charge in [0.25, 0.3) is 0 Å². The smallest absolute Gasteiger partial charge is 0.441 e. The maximum atomic E-state index is 12.0. The van der Waals surface area contributed by atoms with Crippen molar-refractivity contribution in [3.63, 3.8) is 0 Å². The van der Waals surface area contributed by atoms with Gasteiger partial charge in [-0.2, -0.15) is 13.2 Å². The third-order valence-electron chi connectivity index (χ3n) is 2.42. The zero-order valence-corrected chi connectivity index (χ0v) is 12.2. The van der Waals surface area contributed by atoms with Gasteiger partial charge >= 0.3 is 5.51 Å². The summed E-state index contributed by atoms with van der Waals surface area (Å²) >= 11 is -0.0984. The Morgan fingerprint density at radius 1 is 1.35 bits per heavy atom. The Kier molecular flexibility index (Phi) is 6.48. The van der Waals surface area contributed by atoms with E-state index in [0.717, 1.165) is 5.56 Å². The Balaban J connectivity index is 2.65. The minimum Gasteiger partial charge on any atom is -0.497 e. The summed E-state index contributed by atoms with van der Waals surface area (Å²) in [5.41, 5.74) is 2.37. The summed E-state index contributed by atoms with van der Waals surface area (Å²) in [6, 6.07) is 5.19. The predicted octanol–water partition coefficient (Wildman–Crippen LogP) is 3.22. The van der Waals surface area contributed by atoms with E-state index in [4.69, 9.17) is 15.2 Å². The number of hydrogen-bond donors (Lipinski definition) is 1. The summed E-state index contributed by atoms with van der Waals surface area (Å²) in [4.78, 5) is 0. The molecule has 0 spiro atoms. The van der Waals surface area contributed by atoms with Crippen molar-refractivity contribution in [3.8, 4) is 11.5 Å². The SMILES string of the molecule is COc1ccc(CC(C)N)c(OCCSC(F)(F)F)c1. The summed E-state index contributed by atoms with van der Waals surface area (Å²) in [5.74, 6) is 0.958. The molecule has 1 unspecified atom stereocenters. The molecule has 2 N–H and O–H groups in total. The first-order chi connectivity index (χ1) is 9.31. The molecular weight excluding hydrogens is 291 g/mol. The number of ether oxygens (including phenoxy) is 2. The highest BCUT2D eigenvalue weighted by molar-refractivity contribution is 8.00. The number of nitrogens with two attached hydrogens (primary N) is 1. The van der Waals surface area contributed by atoms with Crippen molar-refractivity contribution in [2.75, 3.05) is 19.5 Å². The fourth-order valence-corrected chi connectivity index (χ4v) is 2.02. The molecule has 7 heteroatoms. The maximum absolute atomic E-state index is 12.0. The van der Waals surface area contributed by atoms with Gasteiger partial charge < -0.3 is 15.2 Å². The number of benzene rings is 1. The normalized spacial score (nSPS) is 13.1. The van der Waals surface area contributed by atoms with Gasteiger partial charge in [-0.3, -0.25) is 0 Å². The zero-order chi connectivity index (χ0) is 15.2. The summed E-state index contributed by atoms with van der Waals surface area (Å²) in [6.07, 6.45) is 0.589. The molecule has 0 aromatic heterocycles. The van der Waals surface area contributed by atoms with Crippen LogP contribution >= 0.6 is 11.8 Å². The minimum atomic E-state index is -4.23. The van der Waals surface area contributed by atoms with Crippen LogP contribution in [0.5, 0.6) is 11.5 Å². The lowest BCUT2D eigenvalue weighted by molar-refractivity contribution is -0.0329. The van der Waals surface area contributed by atoms with Gasteiger partial charge in [-0.15, -0.1) is 0 Å². The van der Waals surface area contributed by atoms with Gasteiger partial charge in [-0.05, 0) is 36.7 Å². The molecule has 0 aliphatic carbocycles. The van der Waals surface area contributed by atoms with Crippen molar-refractivity contribution < 1.29 is 22.6 Å². The molecule has 1 rings (SSSR count). The van der Waals surface area contributed by atoms with Crippen molar-refractivity contribution in [1.29, 1.82) is 0 Å². The predicted molar refractivity (Wildman–Crippen MR) is 74.4 cm³/mol. The average molecular weight is 309 g/mol. The molecule has 114 valence electrons. The molecule has 0 heterocycles. The minimum absolute atomic E-state index is 0.0245. The van der Waals surface area contributed by atoms with Crippen molar-refractivity contribution in [2.24, 2.45) is 5.73 Å². The fourth-order valence-electron chi connectivity index (χ4n) is 1.62. The molecule has 0 bridgehead atoms. The lowest BCUT2D eigenvalue weighted by atomic mass is 10.1. The summed E-state index contributed by atoms with van der Waals surface area (Å²) < 4.78 is 46.6. The van der Waals surface area contributed by atoms with E-state index in [0.29, 0.717) is 17.9 Å². The van der Waals surface area contributed by atoms with E-state index in [1.807, 2.05) is 13.0 Å². The number of methoxy groups -OCH3 is 1. The molecule has 0 radical (unpaired) electrons. The Bertz CT molecular complexity index is 425. The molecular formula is C13H18F3NO2S. The van der Waals surface area contributed by atoms with Crippen molar-refractivity contribution in [2.45, 2.75) is 24.9 Å². The van der Waals surface area contributed by atoms with E-state index in [2.05, 4.69) is 0 Å². The molecule has 20 heavy (non-hydrogen) atoms. The van der Waals surface area contributed by atoms with E-state index >= 15 is 0 Å². The number of rotatable bonds is 7. The Morgan fingerprint density at radius 3 is 2.60 bits per heavy atom. The topological polar surface area (TPSA) is 44.5 Å². The Labute approximate surface area is 120 Å². The monoisotopic (exact) mass is 309 g/mol. The lowest BCUT2D eigenvalue weighted by Crippen LogP contribution is -2.18. The number of halogens is 3. The molecule has 0 saturated heterocycles. The van der Waals surface area contributed by atoms with Crippen LogP contribution in [0.4, 0.5) is 13.2 Å². The third kappa shape index (κ3) is 6.38. The van der Waals surface area contributed by atoms with Gasteiger partial charge in [0.1, 0.15) is 11.5 Å². The first-order valence-corrected chi connectivity index (χ1v) is 7.06. The van der Waals surface area contributed by atoms with Crippen LogP contribution in [0.1, 0.15) is 12.5 Å². The van der Waals surface area contributed by atoms with Crippen LogP contribution in [-0.2, 0) is 6.42 Å². The fraction of sp³-hybridized carbons (Fsp3) is 0.538. The van der Waals surface area contributed by atoms with Crippen LogP contribution in [0.2, 0.25) is 0 Å². The van der Waals surface area contributed by atoms with E-state index in [-0.39, 0.29) is 30.2 Å². The van der Waals surface area contributed by atoms with Crippen molar-refractivity contribution in [3.05, 3.63) is 23.8 Å². The largest absolute Gasteiger partial charge is 0.497 e. The van der Waals surface area contributed by atoms with Crippen LogP contribution < -0.4 is 15.2 Å². The summed E-state index contributed by atoms with van der Waals surface area (Å²) in [5, 5.41) is 0. The zero-order valence-electron chi connectivity index (χ0n) is 11.4. The molecule has 0 saturated carbocycles. The second kappa shape index (κ2) is 7.64. The first kappa shape index (κ1) is 17.0. The second-order valence-electron chi connectivity index (χ2n) is 4.30. The molecule has 0 fully saturated rings. The number of hydrogen-bond acceptors (Lipinski definition) is 4. The summed E-state index contributed by atoms with van der Waals surface area (Å²) in [7, 11) is 1.52. The first-order valence-electron chi connectivity index (χ1n) is 6.08. The molecule has 1 aromatic rings. The van der Waals surface area contributed by atoms with E-state index in [9.17, 15) is 13.2 Å². The highest BCUT2D eigenvalue weighted by Crippen LogP contribution is 2.30. The highest BCUT2D eigenvalue weighted by atomic mass is 32.2. The molecule has 0 aliphatic heterocycles. The van der Waals surface area contributed by atoms with Crippen LogP contribution in [0.15, 0.2) is 18.2 Å². The van der Waals surface area contributed by atoms with Gasteiger partial charge in [0, 0.05) is 17.9 Å². The van der Waals surface area contributed by atoms with Crippen molar-refractivity contribution in [1.82, 2.24) is 0 Å². The molecule has 1 aromatic carbocycles. The van der Waals surface area contributed by atoms with E-state index in [1.54, 1.807) is 12.1 Å². The van der Waals surface area contributed by atoms with Crippen LogP contribution in [-0.4, -0.2) is 31.0 Å². The Morgan fingerprint density at radius 2 is 2.05 bits per heavy atom. The van der Waals surface area contributed by atoms with Crippen LogP contribution in [0, 0.1) is 0 Å². The Hall–Kier alpha value is -1.08. The summed E-state index contributed by atoms with van der Waals surface area (Å²) in [6.45, 7) is 1.83. The van der Waals surface area contributed by atoms with Gasteiger partial charge in [-0.1, -0.05) is 6.07 Å². The maximum Gasteiger partial charge on any atom is 0.441 e. The van der Waals surface area contributed by atoms with Crippen LogP contribution in [0.3, 0.4) is 0 Å². The van der Waals surface area contributed by atoms with Gasteiger partial charge in [0.15, 0.2) is 0 Å². The number of alkyl halides is 3. The molecule has 0 amide bonds. The number of thioether (sulfide) groups is 1. The van der Waals surface area contributed by atoms with Crippen LogP contribution in [0.25, 0.3) is 0 Å². The van der Waals surface area contributed by atoms with Gasteiger partial charge in [0.05, 0.1) is 13.7 Å². The second-order valence-corrected chi connectivity index (χ2v) is 5.46. The standard InChI is InChI=1S/C13H18F3NO2S/c1-9(17)7-10-3-4-11(18-2)8-12(10)19-5-6-20-13(14,15)16/h3-4,8-9H,5-7,17H2,1-2H3. The molecule has 0 aliphatic rings. The quantitative estimate of drug-likeness (QED) is 0.786. The van der Waals surface area contributed by atoms with Crippen molar-refractivity contribution >= 4 is 11.8 Å². The van der Waals surface area contributed by atoms with Gasteiger partial charge in [-0.25, -0.2) is 0 Å². The highest BCUT2D eigenvalue weighted by Gasteiger charge is 2.27. The molecule has 3 nitrogen and oxygen atoms in total. The lowest BCUT2D eigenvalue weighted by Gasteiger charge is -2.14. The van der Waals surface area contributed by atoms with E-state index < -0.39 is 5.51 Å². The van der Waals surface area contributed by atoms with Gasteiger partial charge in [0.2, 0.25) is 0 Å². The molecule has 1 atom stereocenters. The van der Waals surface area contributed by atoms with E-state index in [1.165, 1.54) is 7.11 Å². The third-order valence-corrected chi connectivity index (χ3v) is 3.12. The average Bonchev–Trinajstić information content (AvgIpc) is 2.34.